The van der Waals surface area contributed by atoms with Crippen molar-refractivity contribution in [2.45, 2.75) is 0 Å². The van der Waals surface area contributed by atoms with Gasteiger partial charge in [0, 0.05) is 51.2 Å². The number of rotatable bonds is 10. The van der Waals surface area contributed by atoms with Gasteiger partial charge in [0.2, 0.25) is 11.9 Å². The molecule has 9 nitrogen and oxygen atoms in total. The minimum absolute atomic E-state index is 0.313. The van der Waals surface area contributed by atoms with Gasteiger partial charge in [-0.3, -0.25) is 4.79 Å². The van der Waals surface area contributed by atoms with Gasteiger partial charge >= 0.3 is 0 Å². The molecule has 0 unspecified atom stereocenters. The number of nitrogens with zero attached hydrogens (tertiary/aromatic N) is 5. The lowest BCUT2D eigenvalue weighted by atomic mass is 10.2. The van der Waals surface area contributed by atoms with Crippen molar-refractivity contribution < 1.29 is 9.53 Å². The van der Waals surface area contributed by atoms with E-state index in [0.29, 0.717) is 33.8 Å². The number of aromatic nitrogens is 3. The summed E-state index contributed by atoms with van der Waals surface area (Å²) in [5, 5.41) is 6.53. The molecule has 0 aliphatic carbocycles. The van der Waals surface area contributed by atoms with Crippen LogP contribution in [0.15, 0.2) is 49.4 Å². The zero-order valence-corrected chi connectivity index (χ0v) is 20.8. The monoisotopic (exact) mass is 483 g/mol. The third-order valence-corrected chi connectivity index (χ3v) is 5.43. The third kappa shape index (κ3) is 6.06. The fourth-order valence-electron chi connectivity index (χ4n) is 3.30. The summed E-state index contributed by atoms with van der Waals surface area (Å²) in [6.45, 7) is 5.15. The molecule has 0 bridgehead atoms. The highest BCUT2D eigenvalue weighted by molar-refractivity contribution is 6.32. The molecule has 2 N–H and O–H groups in total. The van der Waals surface area contributed by atoms with E-state index >= 15 is 0 Å². The standard InChI is InChI=1S/C24H30ClN7O2/c1-7-22(33)27-18-12-19(21(34-6)13-20(18)32(5)11-10-30(2)3)28-24-26-14-17(25)23(29-24)16-8-9-31(4)15-16/h7-9,12-15H,1,10-11H2,2-6H3,(H,27,33)(H,26,28,29). The van der Waals surface area contributed by atoms with Crippen molar-refractivity contribution in [2.75, 3.05) is 56.9 Å². The van der Waals surface area contributed by atoms with Crippen molar-refractivity contribution in [3.8, 4) is 17.0 Å². The maximum atomic E-state index is 12.1. The Morgan fingerprint density at radius 3 is 2.65 bits per heavy atom. The van der Waals surface area contributed by atoms with Crippen LogP contribution in [0.3, 0.4) is 0 Å². The van der Waals surface area contributed by atoms with Crippen molar-refractivity contribution in [1.82, 2.24) is 19.4 Å². The minimum Gasteiger partial charge on any atom is -0.494 e. The number of hydrogen-bond donors (Lipinski definition) is 2. The Morgan fingerprint density at radius 2 is 2.03 bits per heavy atom. The molecule has 1 amide bonds. The second-order valence-corrected chi connectivity index (χ2v) is 8.48. The van der Waals surface area contributed by atoms with E-state index < -0.39 is 0 Å². The number of hydrogen-bond acceptors (Lipinski definition) is 7. The number of aryl methyl sites for hydroxylation is 1. The molecule has 1 aromatic carbocycles. The van der Waals surface area contributed by atoms with Gasteiger partial charge in [-0.2, -0.15) is 0 Å². The van der Waals surface area contributed by atoms with Crippen molar-refractivity contribution in [2.24, 2.45) is 7.05 Å². The number of anilines is 4. The number of ether oxygens (including phenoxy) is 1. The number of likely N-dealkylation sites (N-methyl/N-ethyl adjacent to an activating group) is 2. The van der Waals surface area contributed by atoms with Crippen LogP contribution in [-0.4, -0.2) is 66.7 Å². The van der Waals surface area contributed by atoms with Gasteiger partial charge in [0.15, 0.2) is 0 Å². The average Bonchev–Trinajstić information content (AvgIpc) is 3.24. The molecular weight excluding hydrogens is 454 g/mol. The van der Waals surface area contributed by atoms with Crippen molar-refractivity contribution in [1.29, 1.82) is 0 Å². The summed E-state index contributed by atoms with van der Waals surface area (Å²) in [6.07, 6.45) is 6.63. The summed E-state index contributed by atoms with van der Waals surface area (Å²) >= 11 is 6.35. The molecule has 2 aromatic heterocycles. The molecule has 10 heteroatoms. The molecule has 0 atom stereocenters. The van der Waals surface area contributed by atoms with E-state index in [9.17, 15) is 4.79 Å². The number of nitrogens with one attached hydrogen (secondary N) is 2. The molecule has 0 aliphatic heterocycles. The zero-order chi connectivity index (χ0) is 24.8. The van der Waals surface area contributed by atoms with E-state index in [0.717, 1.165) is 24.3 Å². The number of amides is 1. The Hall–Kier alpha value is -3.56. The predicted molar refractivity (Wildman–Crippen MR) is 138 cm³/mol. The van der Waals surface area contributed by atoms with Crippen LogP contribution >= 0.6 is 11.6 Å². The average molecular weight is 484 g/mol. The second-order valence-electron chi connectivity index (χ2n) is 8.07. The largest absolute Gasteiger partial charge is 0.494 e. The molecule has 34 heavy (non-hydrogen) atoms. The van der Waals surface area contributed by atoms with E-state index in [4.69, 9.17) is 16.3 Å². The van der Waals surface area contributed by atoms with E-state index in [1.54, 1.807) is 19.4 Å². The quantitative estimate of drug-likeness (QED) is 0.421. The van der Waals surface area contributed by atoms with Crippen LogP contribution in [0.1, 0.15) is 0 Å². The first-order valence-electron chi connectivity index (χ1n) is 10.6. The summed E-state index contributed by atoms with van der Waals surface area (Å²) in [5.74, 6) is 0.604. The molecule has 180 valence electrons. The highest BCUT2D eigenvalue weighted by atomic mass is 35.5. The van der Waals surface area contributed by atoms with Crippen LogP contribution in [0.5, 0.6) is 5.75 Å². The first-order valence-corrected chi connectivity index (χ1v) is 11.0. The smallest absolute Gasteiger partial charge is 0.247 e. The van der Waals surface area contributed by atoms with Gasteiger partial charge in [-0.1, -0.05) is 18.2 Å². The van der Waals surface area contributed by atoms with Crippen LogP contribution in [0.2, 0.25) is 5.02 Å². The molecule has 0 spiro atoms. The predicted octanol–water partition coefficient (Wildman–Crippen LogP) is 4.01. The highest BCUT2D eigenvalue weighted by Gasteiger charge is 2.17. The fourth-order valence-corrected chi connectivity index (χ4v) is 3.50. The second kappa shape index (κ2) is 11.0. The Labute approximate surface area is 205 Å². The van der Waals surface area contributed by atoms with E-state index in [-0.39, 0.29) is 5.91 Å². The van der Waals surface area contributed by atoms with Crippen LogP contribution in [0.4, 0.5) is 23.0 Å². The SMILES string of the molecule is C=CC(=O)Nc1cc(Nc2ncc(Cl)c(-c3ccn(C)c3)n2)c(OC)cc1N(C)CCN(C)C. The van der Waals surface area contributed by atoms with Crippen LogP contribution in [0, 0.1) is 0 Å². The van der Waals surface area contributed by atoms with Gasteiger partial charge in [-0.05, 0) is 32.3 Å². The van der Waals surface area contributed by atoms with Crippen LogP contribution in [0.25, 0.3) is 11.3 Å². The summed E-state index contributed by atoms with van der Waals surface area (Å²) in [5.41, 5.74) is 3.49. The van der Waals surface area contributed by atoms with Gasteiger partial charge in [0.05, 0.1) is 41.1 Å². The first kappa shape index (κ1) is 25.1. The van der Waals surface area contributed by atoms with Crippen LogP contribution in [-0.2, 0) is 11.8 Å². The summed E-state index contributed by atoms with van der Waals surface area (Å²) in [4.78, 5) is 25.2. The Morgan fingerprint density at radius 1 is 1.26 bits per heavy atom. The molecule has 0 saturated carbocycles. The van der Waals surface area contributed by atoms with Gasteiger partial charge in [0.25, 0.3) is 0 Å². The van der Waals surface area contributed by atoms with Gasteiger partial charge in [-0.25, -0.2) is 9.97 Å². The van der Waals surface area contributed by atoms with Crippen molar-refractivity contribution in [3.63, 3.8) is 0 Å². The van der Waals surface area contributed by atoms with Crippen LogP contribution < -0.4 is 20.3 Å². The molecule has 0 aliphatic rings. The molecule has 0 fully saturated rings. The van der Waals surface area contributed by atoms with Gasteiger partial charge < -0.3 is 29.7 Å². The zero-order valence-electron chi connectivity index (χ0n) is 20.1. The van der Waals surface area contributed by atoms with Crippen molar-refractivity contribution >= 4 is 40.5 Å². The van der Waals surface area contributed by atoms with Crippen molar-refractivity contribution in [3.05, 3.63) is 54.5 Å². The molecule has 2 heterocycles. The molecule has 3 aromatic rings. The number of methoxy groups -OCH3 is 1. The third-order valence-electron chi connectivity index (χ3n) is 5.15. The number of carbonyl (C=O) groups excluding carboxylic acids is 1. The Balaban J connectivity index is 2.00. The lowest BCUT2D eigenvalue weighted by Crippen LogP contribution is -2.29. The molecule has 0 saturated heterocycles. The number of carbonyl (C=O) groups is 1. The van der Waals surface area contributed by atoms with E-state index in [1.807, 2.05) is 57.3 Å². The molecular formula is C24H30ClN7O2. The maximum absolute atomic E-state index is 12.1. The summed E-state index contributed by atoms with van der Waals surface area (Å²) in [7, 11) is 9.50. The highest BCUT2D eigenvalue weighted by Crippen LogP contribution is 2.38. The topological polar surface area (TPSA) is 87.5 Å². The Bertz CT molecular complexity index is 1180. The van der Waals surface area contributed by atoms with E-state index in [1.165, 1.54) is 6.08 Å². The summed E-state index contributed by atoms with van der Waals surface area (Å²) in [6, 6.07) is 5.59. The van der Waals surface area contributed by atoms with Gasteiger partial charge in [-0.15, -0.1) is 0 Å². The summed E-state index contributed by atoms with van der Waals surface area (Å²) < 4.78 is 7.57. The Kier molecular flexibility index (Phi) is 8.14. The molecule has 3 rings (SSSR count). The number of benzene rings is 1. The lowest BCUT2D eigenvalue weighted by Gasteiger charge is -2.26. The number of halogens is 1. The first-order chi connectivity index (χ1) is 16.2. The van der Waals surface area contributed by atoms with E-state index in [2.05, 4.69) is 37.0 Å². The lowest BCUT2D eigenvalue weighted by molar-refractivity contribution is -0.111. The van der Waals surface area contributed by atoms with Gasteiger partial charge in [0.1, 0.15) is 5.75 Å². The maximum Gasteiger partial charge on any atom is 0.247 e. The normalized spacial score (nSPS) is 10.8. The minimum atomic E-state index is -0.313. The fraction of sp³-hybridized carbons (Fsp3) is 0.292. The molecule has 0 radical (unpaired) electrons.